The van der Waals surface area contributed by atoms with E-state index < -0.39 is 43.1 Å². The van der Waals surface area contributed by atoms with Gasteiger partial charge in [-0.15, -0.1) is 11.3 Å². The summed E-state index contributed by atoms with van der Waals surface area (Å²) >= 11 is 1.90. The number of aliphatic hydroxyl groups is 1. The van der Waals surface area contributed by atoms with Crippen molar-refractivity contribution in [2.24, 2.45) is 17.3 Å². The summed E-state index contributed by atoms with van der Waals surface area (Å²) in [5.74, 6) is 2.22. The lowest BCUT2D eigenvalue weighted by Crippen LogP contribution is -2.64. The van der Waals surface area contributed by atoms with E-state index in [0.29, 0.717) is 93.0 Å². The normalized spacial score (nSPS) is 26.0. The number of H-pyrrole nitrogens is 1. The summed E-state index contributed by atoms with van der Waals surface area (Å²) in [5, 5.41) is 29.2. The lowest BCUT2D eigenvalue weighted by molar-refractivity contribution is -0.384. The van der Waals surface area contributed by atoms with Crippen LogP contribution in [0.25, 0.3) is 11.0 Å². The third-order valence-electron chi connectivity index (χ3n) is 20.2. The number of ether oxygens (including phenoxy) is 4. The number of carbonyl (C=O) groups is 1. The van der Waals surface area contributed by atoms with Gasteiger partial charge in [0, 0.05) is 106 Å². The quantitative estimate of drug-likeness (QED) is 0.0522. The van der Waals surface area contributed by atoms with E-state index in [-0.39, 0.29) is 34.7 Å². The van der Waals surface area contributed by atoms with Crippen molar-refractivity contribution in [1.29, 1.82) is 0 Å². The highest BCUT2D eigenvalue weighted by Crippen LogP contribution is 2.58. The Morgan fingerprint density at radius 1 is 0.943 bits per heavy atom. The molecular formula is C64H81N11O10S2. The molecule has 2 unspecified atom stereocenters. The fourth-order valence-electron chi connectivity index (χ4n) is 15.0. The van der Waals surface area contributed by atoms with Gasteiger partial charge in [0.1, 0.15) is 23.1 Å². The number of morpholine rings is 1. The molecule has 0 bridgehead atoms. The van der Waals surface area contributed by atoms with Gasteiger partial charge in [-0.2, -0.15) is 4.98 Å². The molecule has 4 saturated heterocycles. The molecule has 2 saturated carbocycles. The number of amides is 1. The maximum atomic E-state index is 14.9. The summed E-state index contributed by atoms with van der Waals surface area (Å²) in [4.78, 5) is 53.0. The van der Waals surface area contributed by atoms with Crippen molar-refractivity contribution in [1.82, 2.24) is 29.5 Å². The summed E-state index contributed by atoms with van der Waals surface area (Å²) in [5.41, 5.74) is 4.55. The van der Waals surface area contributed by atoms with Gasteiger partial charge in [0.25, 0.3) is 21.6 Å². The van der Waals surface area contributed by atoms with Crippen LogP contribution >= 0.6 is 11.3 Å². The highest BCUT2D eigenvalue weighted by molar-refractivity contribution is 7.90. The van der Waals surface area contributed by atoms with Crippen molar-refractivity contribution >= 4 is 72.6 Å². The number of fused-ring (bicyclic) bond motifs is 3. The zero-order chi connectivity index (χ0) is 60.4. The van der Waals surface area contributed by atoms with Gasteiger partial charge < -0.3 is 49.1 Å². The van der Waals surface area contributed by atoms with Gasteiger partial charge >= 0.3 is 0 Å². The molecule has 4 aromatic heterocycles. The molecule has 1 amide bonds. The zero-order valence-corrected chi connectivity index (χ0v) is 52.0. The Morgan fingerprint density at radius 2 is 1.75 bits per heavy atom. The van der Waals surface area contributed by atoms with Crippen molar-refractivity contribution in [3.63, 3.8) is 0 Å². The summed E-state index contributed by atoms with van der Waals surface area (Å²) < 4.78 is 55.1. The van der Waals surface area contributed by atoms with Crippen LogP contribution in [-0.2, 0) is 26.0 Å². The number of benzene rings is 2. The Balaban J connectivity index is 0.748. The van der Waals surface area contributed by atoms with Gasteiger partial charge in [-0.3, -0.25) is 24.7 Å². The second-order valence-corrected chi connectivity index (χ2v) is 28.5. The van der Waals surface area contributed by atoms with Gasteiger partial charge in [-0.05, 0) is 153 Å². The van der Waals surface area contributed by atoms with E-state index in [0.717, 1.165) is 119 Å². The first-order chi connectivity index (χ1) is 41.9. The minimum absolute atomic E-state index is 0.108. The van der Waals surface area contributed by atoms with E-state index in [1.54, 1.807) is 13.2 Å². The summed E-state index contributed by atoms with van der Waals surface area (Å²) in [6.07, 6.45) is 9.84. The van der Waals surface area contributed by atoms with Crippen LogP contribution in [0.5, 0.6) is 11.6 Å². The molecule has 1 spiro atoms. The molecule has 2 aromatic carbocycles. The van der Waals surface area contributed by atoms with Gasteiger partial charge in [0.15, 0.2) is 11.6 Å². The number of hydrogen-bond acceptors (Lipinski definition) is 19. The Kier molecular flexibility index (Phi) is 16.4. The molecule has 6 aromatic rings. The van der Waals surface area contributed by atoms with Crippen LogP contribution in [0.3, 0.4) is 0 Å². The molecule has 2 aliphatic carbocycles. The van der Waals surface area contributed by atoms with Crippen LogP contribution < -0.4 is 34.2 Å². The van der Waals surface area contributed by atoms with Crippen LogP contribution in [0.2, 0.25) is 0 Å². The number of rotatable bonds is 16. The molecule has 87 heavy (non-hydrogen) atoms. The number of nitrogens with zero attached hydrogens (tertiary/aromatic N) is 8. The van der Waals surface area contributed by atoms with E-state index in [4.69, 9.17) is 28.9 Å². The van der Waals surface area contributed by atoms with E-state index in [9.17, 15) is 28.4 Å². The first kappa shape index (κ1) is 59.4. The molecule has 6 fully saturated rings. The number of hydrogen-bond donors (Lipinski definition) is 4. The highest BCUT2D eigenvalue weighted by atomic mass is 32.2. The zero-order valence-electron chi connectivity index (χ0n) is 50.4. The lowest BCUT2D eigenvalue weighted by Gasteiger charge is -2.62. The number of carbonyl (C=O) groups excluding carboxylic acids is 1. The van der Waals surface area contributed by atoms with Crippen molar-refractivity contribution in [3.8, 4) is 11.6 Å². The number of aromatic nitrogens is 3. The molecular weight excluding hydrogens is 1150 g/mol. The first-order valence-corrected chi connectivity index (χ1v) is 33.4. The van der Waals surface area contributed by atoms with Crippen molar-refractivity contribution < 1.29 is 42.2 Å². The minimum atomic E-state index is -4.65. The van der Waals surface area contributed by atoms with E-state index in [2.05, 4.69) is 77.8 Å². The van der Waals surface area contributed by atoms with Gasteiger partial charge in [0.2, 0.25) is 5.88 Å². The van der Waals surface area contributed by atoms with Crippen LogP contribution in [0.4, 0.5) is 34.3 Å². The molecule has 7 aliphatic rings. The summed E-state index contributed by atoms with van der Waals surface area (Å²) in [7, 11) is -2.92. The second-order valence-electron chi connectivity index (χ2n) is 25.8. The SMILES string of the molecule is COc1cc(CN2CCN(C3CC4(CCN(c5ccc(C(=O)NS(=O)(=O)c6ccc(NCC7CCC(C)(O)CC7)c([N+](=O)[O-])c6)c(N6c7cc8cc[nH]c8nc7O[C@H]7COCC[C@@H]76)c5)CC4)C3C)[C@H](c3sccc3C(C)C)C2)cnc1N1CCOCC1. The molecule has 5 aliphatic heterocycles. The number of nitro benzene ring substituents is 1. The Labute approximate surface area is 512 Å². The standard InChI is InChI=1S/C64H81N11O10S2/c1-40(2)47-14-29-86-58(47)55-38-70(37-43-30-56(82-5)60(67-36-43)72-24-27-83-28-25-72)22-23-73(55)54-34-64(41(54)3)17-20-71(21-18-64)45-6-8-48(51(32-45)74-50-13-26-84-39-57(50)85-62-53(74)31-44-12-19-65-59(44)68-62)61(76)69-87(80,81)46-7-9-49(52(33-46)75(78)79)66-35-42-10-15-63(4,77)16-11-42/h6-9,12,14,19,29-33,36,40-42,50,54-55,57,66,77H,10-11,13,15-18,20-28,34-35,37-39H2,1-5H3,(H,65,68)(H,69,76)/t41?,42?,50-,54?,55-,57-,63?/m0/s1. The molecule has 0 radical (unpaired) electrons. The first-order valence-electron chi connectivity index (χ1n) is 31.1. The largest absolute Gasteiger partial charge is 0.493 e. The predicted molar refractivity (Wildman–Crippen MR) is 336 cm³/mol. The predicted octanol–water partition coefficient (Wildman–Crippen LogP) is 9.61. The van der Waals surface area contributed by atoms with Crippen LogP contribution in [-0.4, -0.2) is 159 Å². The number of nitrogens with one attached hydrogen (secondary N) is 3. The molecule has 4 N–H and O–H groups in total. The van der Waals surface area contributed by atoms with E-state index >= 15 is 0 Å². The number of piperidine rings is 1. The Bertz CT molecular complexity index is 3630. The minimum Gasteiger partial charge on any atom is -0.493 e. The fourth-order valence-corrected chi connectivity index (χ4v) is 17.2. The maximum absolute atomic E-state index is 14.9. The maximum Gasteiger partial charge on any atom is 0.293 e. The fraction of sp³-hybridized carbons (Fsp3) is 0.547. The second kappa shape index (κ2) is 24.1. The number of anilines is 5. The van der Waals surface area contributed by atoms with Gasteiger partial charge in [0.05, 0.1) is 65.7 Å². The number of pyridine rings is 2. The number of aromatic amines is 1. The van der Waals surface area contributed by atoms with E-state index in [1.807, 2.05) is 54.9 Å². The Hall–Kier alpha value is -6.60. The molecule has 21 nitrogen and oxygen atoms in total. The van der Waals surface area contributed by atoms with Crippen molar-refractivity contribution in [3.05, 3.63) is 110 Å². The van der Waals surface area contributed by atoms with E-state index in [1.165, 1.54) is 22.6 Å². The lowest BCUT2D eigenvalue weighted by atomic mass is 9.53. The third kappa shape index (κ3) is 11.7. The van der Waals surface area contributed by atoms with Gasteiger partial charge in [-0.25, -0.2) is 18.1 Å². The smallest absolute Gasteiger partial charge is 0.293 e. The highest BCUT2D eigenvalue weighted by Gasteiger charge is 2.56. The molecule has 464 valence electrons. The number of thiophene rings is 1. The monoisotopic (exact) mass is 1230 g/mol. The summed E-state index contributed by atoms with van der Waals surface area (Å²) in [6, 6.07) is 18.1. The number of methoxy groups -OCH3 is 1. The number of sulfonamides is 1. The molecule has 9 heterocycles. The van der Waals surface area contributed by atoms with Crippen LogP contribution in [0, 0.1) is 27.4 Å². The average Bonchev–Trinajstić information content (AvgIpc) is 1.19. The van der Waals surface area contributed by atoms with Crippen molar-refractivity contribution in [2.45, 2.75) is 126 Å². The molecule has 13 rings (SSSR count). The number of nitro groups is 1. The topological polar surface area (TPSA) is 233 Å². The Morgan fingerprint density at radius 3 is 2.51 bits per heavy atom. The number of piperazine rings is 1. The third-order valence-corrected chi connectivity index (χ3v) is 22.6. The average molecular weight is 1230 g/mol. The molecule has 5 atom stereocenters. The van der Waals surface area contributed by atoms with Crippen LogP contribution in [0.15, 0.2) is 83.3 Å². The molecule has 23 heteroatoms. The van der Waals surface area contributed by atoms with Crippen LogP contribution in [0.1, 0.15) is 117 Å². The van der Waals surface area contributed by atoms with Crippen molar-refractivity contribution in [2.75, 3.05) is 106 Å². The van der Waals surface area contributed by atoms with Gasteiger partial charge in [-0.1, -0.05) is 20.8 Å². The summed E-state index contributed by atoms with van der Waals surface area (Å²) in [6.45, 7) is 18.3.